The lowest BCUT2D eigenvalue weighted by Gasteiger charge is -2.04. The van der Waals surface area contributed by atoms with Crippen molar-refractivity contribution in [2.24, 2.45) is 0 Å². The average molecular weight is 352 g/mol. The number of phosphoric acid groups is 1. The van der Waals surface area contributed by atoms with Crippen LogP contribution in [-0.4, -0.2) is 30.7 Å². The molecule has 0 atom stereocenters. The number of hydrogen-bond acceptors (Lipinski definition) is 5. The summed E-state index contributed by atoms with van der Waals surface area (Å²) in [6, 6.07) is 2.30. The van der Waals surface area contributed by atoms with E-state index in [4.69, 9.17) is 9.79 Å². The Balaban J connectivity index is 2.13. The molecule has 0 unspecified atom stereocenters. The summed E-state index contributed by atoms with van der Waals surface area (Å²) in [4.78, 5) is 29.1. The highest BCUT2D eigenvalue weighted by Gasteiger charge is 2.22. The molecule has 0 fully saturated rings. The molecule has 9 nitrogen and oxygen atoms in total. The number of anilines is 1. The van der Waals surface area contributed by atoms with Crippen molar-refractivity contribution < 1.29 is 36.8 Å². The predicted molar refractivity (Wildman–Crippen MR) is 67.4 cm³/mol. The molecule has 0 radical (unpaired) electrons. The van der Waals surface area contributed by atoms with Crippen molar-refractivity contribution in [3.63, 3.8) is 0 Å². The first kappa shape index (κ1) is 17.1. The minimum absolute atomic E-state index is 0.379. The molecule has 1 heterocycles. The zero-order valence-electron chi connectivity index (χ0n) is 11.0. The minimum Gasteiger partial charge on any atom is -0.318 e. The number of amides is 1. The number of hydrogen-bond donors (Lipinski definition) is 3. The first-order valence-electron chi connectivity index (χ1n) is 5.73. The highest BCUT2D eigenvalue weighted by molar-refractivity contribution is 7.46. The van der Waals surface area contributed by atoms with Crippen LogP contribution in [0.3, 0.4) is 0 Å². The lowest BCUT2D eigenvalue weighted by Crippen LogP contribution is -2.15. The molecule has 0 aliphatic rings. The number of aromatic nitrogens is 3. The normalized spacial score (nSPS) is 11.5. The van der Waals surface area contributed by atoms with E-state index in [-0.39, 0.29) is 0 Å². The molecular weight excluding hydrogens is 344 g/mol. The van der Waals surface area contributed by atoms with Crippen LogP contribution >= 0.6 is 7.82 Å². The first-order chi connectivity index (χ1) is 10.7. The summed E-state index contributed by atoms with van der Waals surface area (Å²) in [5.74, 6) is -4.53. The van der Waals surface area contributed by atoms with E-state index in [0.717, 1.165) is 12.1 Å². The largest absolute Gasteiger partial charge is 0.471 e. The summed E-state index contributed by atoms with van der Waals surface area (Å²) >= 11 is 0. The third-order valence-electron chi connectivity index (χ3n) is 2.35. The fourth-order valence-corrected chi connectivity index (χ4v) is 1.68. The van der Waals surface area contributed by atoms with Gasteiger partial charge in [0.15, 0.2) is 6.73 Å². The van der Waals surface area contributed by atoms with Crippen LogP contribution in [0, 0.1) is 17.6 Å². The van der Waals surface area contributed by atoms with Crippen LogP contribution in [0.15, 0.2) is 18.2 Å². The Bertz CT molecular complexity index is 793. The van der Waals surface area contributed by atoms with Gasteiger partial charge < -0.3 is 15.1 Å². The van der Waals surface area contributed by atoms with E-state index in [1.165, 1.54) is 0 Å². The molecular formula is C10H8F3N4O5P. The van der Waals surface area contributed by atoms with Crippen LogP contribution < -0.4 is 5.32 Å². The number of carbonyl (C=O) groups is 1. The Labute approximate surface area is 125 Å². The SMILES string of the molecule is O=C(Nc1ccc(F)cc1F)c1nn(COP(=O)(O)O)nc1F. The van der Waals surface area contributed by atoms with Gasteiger partial charge >= 0.3 is 7.82 Å². The van der Waals surface area contributed by atoms with E-state index < -0.39 is 49.4 Å². The van der Waals surface area contributed by atoms with Crippen LogP contribution in [0.1, 0.15) is 10.5 Å². The molecule has 124 valence electrons. The van der Waals surface area contributed by atoms with E-state index in [1.807, 2.05) is 5.32 Å². The Hall–Kier alpha value is -2.27. The van der Waals surface area contributed by atoms with Gasteiger partial charge in [0.2, 0.25) is 5.69 Å². The standard InChI is InChI=1S/C10H8F3N4O5P/c11-5-1-2-7(6(12)3-5)14-10(18)8-9(13)16-17(15-8)4-22-23(19,20)21/h1-3H,4H2,(H,14,18)(H2,19,20,21). The summed E-state index contributed by atoms with van der Waals surface area (Å²) in [6.45, 7) is -0.917. The summed E-state index contributed by atoms with van der Waals surface area (Å²) in [5, 5.41) is 8.33. The molecule has 2 rings (SSSR count). The van der Waals surface area contributed by atoms with Gasteiger partial charge in [-0.15, -0.1) is 10.2 Å². The molecule has 13 heteroatoms. The summed E-state index contributed by atoms with van der Waals surface area (Å²) in [5.41, 5.74) is -1.29. The van der Waals surface area contributed by atoms with Crippen molar-refractivity contribution >= 4 is 19.4 Å². The number of nitrogens with one attached hydrogen (secondary N) is 1. The van der Waals surface area contributed by atoms with E-state index in [9.17, 15) is 22.5 Å². The Morgan fingerprint density at radius 1 is 1.30 bits per heavy atom. The fourth-order valence-electron chi connectivity index (χ4n) is 1.42. The molecule has 0 spiro atoms. The number of nitrogens with zero attached hydrogens (tertiary/aromatic N) is 3. The predicted octanol–water partition coefficient (Wildman–Crippen LogP) is 1.01. The van der Waals surface area contributed by atoms with Crippen molar-refractivity contribution in [1.29, 1.82) is 0 Å². The van der Waals surface area contributed by atoms with Crippen molar-refractivity contribution in [3.05, 3.63) is 41.5 Å². The first-order valence-corrected chi connectivity index (χ1v) is 7.26. The van der Waals surface area contributed by atoms with Gasteiger partial charge in [-0.05, 0) is 12.1 Å². The van der Waals surface area contributed by atoms with Crippen LogP contribution in [0.5, 0.6) is 0 Å². The highest BCUT2D eigenvalue weighted by Crippen LogP contribution is 2.35. The van der Waals surface area contributed by atoms with Gasteiger partial charge in [-0.2, -0.15) is 9.19 Å². The molecule has 0 bridgehead atoms. The van der Waals surface area contributed by atoms with Gasteiger partial charge in [0.1, 0.15) is 11.6 Å². The third kappa shape index (κ3) is 4.60. The highest BCUT2D eigenvalue weighted by atomic mass is 31.2. The maximum Gasteiger partial charge on any atom is 0.471 e. The van der Waals surface area contributed by atoms with Gasteiger partial charge in [0.05, 0.1) is 5.69 Å². The summed E-state index contributed by atoms with van der Waals surface area (Å²) < 4.78 is 54.1. The van der Waals surface area contributed by atoms with Gasteiger partial charge in [0, 0.05) is 6.07 Å². The molecule has 2 aromatic rings. The Morgan fingerprint density at radius 2 is 2.00 bits per heavy atom. The van der Waals surface area contributed by atoms with E-state index in [0.29, 0.717) is 10.9 Å². The lowest BCUT2D eigenvalue weighted by molar-refractivity contribution is 0.101. The number of phosphoric ester groups is 1. The van der Waals surface area contributed by atoms with E-state index in [1.54, 1.807) is 0 Å². The van der Waals surface area contributed by atoms with Crippen LogP contribution in [-0.2, 0) is 15.8 Å². The second kappa shape index (κ2) is 6.46. The molecule has 1 amide bonds. The zero-order valence-corrected chi connectivity index (χ0v) is 11.9. The maximum atomic E-state index is 13.5. The van der Waals surface area contributed by atoms with Crippen LogP contribution in [0.2, 0.25) is 0 Å². The number of rotatable bonds is 5. The van der Waals surface area contributed by atoms with Crippen molar-refractivity contribution in [2.45, 2.75) is 6.73 Å². The number of halogens is 3. The summed E-state index contributed by atoms with van der Waals surface area (Å²) in [7, 11) is -4.84. The molecule has 0 aliphatic heterocycles. The van der Waals surface area contributed by atoms with Crippen molar-refractivity contribution in [2.75, 3.05) is 5.32 Å². The Kier molecular flexibility index (Phi) is 4.80. The molecule has 0 aliphatic carbocycles. The molecule has 0 saturated carbocycles. The lowest BCUT2D eigenvalue weighted by atomic mass is 10.3. The van der Waals surface area contributed by atoms with Crippen molar-refractivity contribution in [3.8, 4) is 0 Å². The van der Waals surface area contributed by atoms with Gasteiger partial charge in [0.25, 0.3) is 11.9 Å². The second-order valence-corrected chi connectivity index (χ2v) is 5.28. The quantitative estimate of drug-likeness (QED) is 0.686. The van der Waals surface area contributed by atoms with Crippen LogP contribution in [0.4, 0.5) is 18.9 Å². The second-order valence-electron chi connectivity index (χ2n) is 4.04. The van der Waals surface area contributed by atoms with Gasteiger partial charge in [-0.1, -0.05) is 0 Å². The van der Waals surface area contributed by atoms with Crippen molar-refractivity contribution in [1.82, 2.24) is 15.0 Å². The Morgan fingerprint density at radius 3 is 2.61 bits per heavy atom. The summed E-state index contributed by atoms with van der Waals surface area (Å²) in [6.07, 6.45) is 0. The van der Waals surface area contributed by atoms with E-state index in [2.05, 4.69) is 14.7 Å². The molecule has 1 aromatic carbocycles. The van der Waals surface area contributed by atoms with Crippen LogP contribution in [0.25, 0.3) is 0 Å². The molecule has 0 saturated heterocycles. The molecule has 1 aromatic heterocycles. The van der Waals surface area contributed by atoms with Gasteiger partial charge in [-0.25, -0.2) is 13.3 Å². The topological polar surface area (TPSA) is 127 Å². The zero-order chi connectivity index (χ0) is 17.2. The number of benzene rings is 1. The minimum atomic E-state index is -4.84. The molecule has 3 N–H and O–H groups in total. The average Bonchev–Trinajstić information content (AvgIpc) is 2.80. The number of carbonyl (C=O) groups excluding carboxylic acids is 1. The van der Waals surface area contributed by atoms with E-state index >= 15 is 0 Å². The maximum absolute atomic E-state index is 13.5. The van der Waals surface area contributed by atoms with Gasteiger partial charge in [-0.3, -0.25) is 9.32 Å². The monoisotopic (exact) mass is 352 g/mol. The fraction of sp³-hybridized carbons (Fsp3) is 0.100. The third-order valence-corrected chi connectivity index (χ3v) is 2.80. The molecule has 23 heavy (non-hydrogen) atoms. The smallest absolute Gasteiger partial charge is 0.318 e.